The highest BCUT2D eigenvalue weighted by Gasteiger charge is 2.26. The maximum atomic E-state index is 12.9. The molecule has 2 aliphatic rings. The van der Waals surface area contributed by atoms with Crippen molar-refractivity contribution < 1.29 is 24.2 Å². The lowest BCUT2D eigenvalue weighted by molar-refractivity contribution is -0.138. The zero-order valence-corrected chi connectivity index (χ0v) is 15.8. The number of aliphatic carboxylic acids is 1. The van der Waals surface area contributed by atoms with Crippen LogP contribution in [-0.2, 0) is 9.53 Å². The van der Waals surface area contributed by atoms with E-state index in [-0.39, 0.29) is 24.7 Å². The Morgan fingerprint density at radius 2 is 2.11 bits per heavy atom. The fraction of sp³-hybridized carbons (Fsp3) is 0.600. The van der Waals surface area contributed by atoms with Gasteiger partial charge in [0.1, 0.15) is 5.75 Å². The third-order valence-electron chi connectivity index (χ3n) is 5.03. The molecule has 1 aliphatic carbocycles. The number of carbonyl (C=O) groups excluding carboxylic acids is 1. The van der Waals surface area contributed by atoms with Crippen LogP contribution in [0.1, 0.15) is 36.0 Å². The predicted molar refractivity (Wildman–Crippen MR) is 100 cm³/mol. The molecule has 7 nitrogen and oxygen atoms in total. The molecule has 7 heteroatoms. The number of carboxylic acids is 1. The molecule has 148 valence electrons. The predicted octanol–water partition coefficient (Wildman–Crippen LogP) is 1.87. The van der Waals surface area contributed by atoms with Crippen LogP contribution >= 0.6 is 0 Å². The molecular weight excluding hydrogens is 348 g/mol. The summed E-state index contributed by atoms with van der Waals surface area (Å²) in [7, 11) is 1.74. The summed E-state index contributed by atoms with van der Waals surface area (Å²) in [6.07, 6.45) is 4.63. The van der Waals surface area contributed by atoms with Crippen molar-refractivity contribution in [3.63, 3.8) is 0 Å². The minimum atomic E-state index is -0.875. The Labute approximate surface area is 159 Å². The van der Waals surface area contributed by atoms with Crippen molar-refractivity contribution in [1.29, 1.82) is 0 Å². The number of rotatable bonds is 7. The van der Waals surface area contributed by atoms with Crippen molar-refractivity contribution >= 4 is 11.9 Å². The van der Waals surface area contributed by atoms with Crippen molar-refractivity contribution in [3.8, 4) is 5.75 Å². The molecule has 0 radical (unpaired) electrons. The molecule has 1 heterocycles. The first-order chi connectivity index (χ1) is 13.0. The zero-order valence-electron chi connectivity index (χ0n) is 15.8. The summed E-state index contributed by atoms with van der Waals surface area (Å²) in [5, 5.41) is 8.87. The van der Waals surface area contributed by atoms with Crippen molar-refractivity contribution in [3.05, 3.63) is 29.8 Å². The fourth-order valence-electron chi connectivity index (χ4n) is 3.74. The Balaban J connectivity index is 1.58. The molecule has 1 saturated heterocycles. The van der Waals surface area contributed by atoms with Gasteiger partial charge < -0.3 is 19.5 Å². The Morgan fingerprint density at radius 3 is 2.85 bits per heavy atom. The topological polar surface area (TPSA) is 79.3 Å². The lowest BCUT2D eigenvalue weighted by Gasteiger charge is -2.34. The highest BCUT2D eigenvalue weighted by molar-refractivity contribution is 5.94. The maximum absolute atomic E-state index is 12.9. The summed E-state index contributed by atoms with van der Waals surface area (Å²) in [5.74, 6) is -0.167. The van der Waals surface area contributed by atoms with Gasteiger partial charge in [-0.1, -0.05) is 6.07 Å². The molecule has 27 heavy (non-hydrogen) atoms. The summed E-state index contributed by atoms with van der Waals surface area (Å²) >= 11 is 0. The lowest BCUT2D eigenvalue weighted by atomic mass is 10.1. The normalized spacial score (nSPS) is 20.8. The van der Waals surface area contributed by atoms with Gasteiger partial charge in [0.2, 0.25) is 0 Å². The van der Waals surface area contributed by atoms with Crippen LogP contribution in [0.5, 0.6) is 5.75 Å². The molecule has 0 spiro atoms. The van der Waals surface area contributed by atoms with Crippen LogP contribution in [0.25, 0.3) is 0 Å². The van der Waals surface area contributed by atoms with E-state index in [0.717, 1.165) is 18.6 Å². The number of morpholine rings is 1. The number of hydrogen-bond donors (Lipinski definition) is 1. The van der Waals surface area contributed by atoms with Gasteiger partial charge in [-0.25, -0.2) is 0 Å². The SMILES string of the molecule is CN(CC(=O)O)C[C@H]1CN(C(=O)c2cccc(OC3CCCC3)c2)CCO1. The van der Waals surface area contributed by atoms with E-state index in [1.807, 2.05) is 24.3 Å². The van der Waals surface area contributed by atoms with Gasteiger partial charge in [-0.15, -0.1) is 0 Å². The number of hydrogen-bond acceptors (Lipinski definition) is 5. The van der Waals surface area contributed by atoms with E-state index < -0.39 is 5.97 Å². The number of carbonyl (C=O) groups is 2. The number of likely N-dealkylation sites (N-methyl/N-ethyl adjacent to an activating group) is 1. The van der Waals surface area contributed by atoms with Crippen LogP contribution < -0.4 is 4.74 Å². The number of carboxylic acid groups (broad SMARTS) is 1. The summed E-state index contributed by atoms with van der Waals surface area (Å²) < 4.78 is 11.7. The third-order valence-corrected chi connectivity index (χ3v) is 5.03. The van der Waals surface area contributed by atoms with Crippen LogP contribution in [0.3, 0.4) is 0 Å². The number of amides is 1. The van der Waals surface area contributed by atoms with Gasteiger partial charge in [0, 0.05) is 25.2 Å². The molecule has 1 N–H and O–H groups in total. The van der Waals surface area contributed by atoms with Crippen molar-refractivity contribution in [2.24, 2.45) is 0 Å². The Morgan fingerprint density at radius 1 is 1.33 bits per heavy atom. The van der Waals surface area contributed by atoms with Gasteiger partial charge in [0.15, 0.2) is 0 Å². The Kier molecular flexibility index (Phi) is 6.68. The van der Waals surface area contributed by atoms with Crippen LogP contribution in [0.15, 0.2) is 24.3 Å². The second-order valence-electron chi connectivity index (χ2n) is 7.39. The molecule has 0 bridgehead atoms. The summed E-state index contributed by atoms with van der Waals surface area (Å²) in [6.45, 7) is 1.87. The number of benzene rings is 1. The van der Waals surface area contributed by atoms with Crippen LogP contribution in [0, 0.1) is 0 Å². The maximum Gasteiger partial charge on any atom is 0.317 e. The minimum absolute atomic E-state index is 0.0407. The third kappa shape index (κ3) is 5.68. The Bertz CT molecular complexity index is 660. The summed E-state index contributed by atoms with van der Waals surface area (Å²) in [4.78, 5) is 27.2. The van der Waals surface area contributed by atoms with Gasteiger partial charge in [-0.3, -0.25) is 14.5 Å². The van der Waals surface area contributed by atoms with Crippen LogP contribution in [-0.4, -0.2) is 78.8 Å². The van der Waals surface area contributed by atoms with E-state index in [4.69, 9.17) is 14.6 Å². The lowest BCUT2D eigenvalue weighted by Crippen LogP contribution is -2.49. The summed E-state index contributed by atoms with van der Waals surface area (Å²) in [6, 6.07) is 7.39. The average Bonchev–Trinajstić information content (AvgIpc) is 3.14. The van der Waals surface area contributed by atoms with Gasteiger partial charge in [0.05, 0.1) is 25.4 Å². The average molecular weight is 376 g/mol. The van der Waals surface area contributed by atoms with Crippen LogP contribution in [0.4, 0.5) is 0 Å². The molecule has 3 rings (SSSR count). The van der Waals surface area contributed by atoms with E-state index in [9.17, 15) is 9.59 Å². The van der Waals surface area contributed by atoms with E-state index in [1.54, 1.807) is 16.8 Å². The van der Waals surface area contributed by atoms with Gasteiger partial charge >= 0.3 is 5.97 Å². The van der Waals surface area contributed by atoms with E-state index >= 15 is 0 Å². The highest BCUT2D eigenvalue weighted by Crippen LogP contribution is 2.25. The van der Waals surface area contributed by atoms with Gasteiger partial charge in [-0.05, 0) is 50.9 Å². The first-order valence-electron chi connectivity index (χ1n) is 9.59. The molecule has 1 aromatic rings. The molecule has 0 aromatic heterocycles. The highest BCUT2D eigenvalue weighted by atomic mass is 16.5. The molecule has 2 fully saturated rings. The van der Waals surface area contributed by atoms with E-state index in [1.165, 1.54) is 12.8 Å². The molecule has 1 amide bonds. The first kappa shape index (κ1) is 19.6. The van der Waals surface area contributed by atoms with E-state index in [2.05, 4.69) is 0 Å². The molecule has 1 saturated carbocycles. The van der Waals surface area contributed by atoms with Crippen molar-refractivity contribution in [1.82, 2.24) is 9.80 Å². The minimum Gasteiger partial charge on any atom is -0.490 e. The summed E-state index contributed by atoms with van der Waals surface area (Å²) in [5.41, 5.74) is 0.616. The quantitative estimate of drug-likeness (QED) is 0.783. The molecule has 1 aromatic carbocycles. The molecule has 0 unspecified atom stereocenters. The monoisotopic (exact) mass is 376 g/mol. The van der Waals surface area contributed by atoms with Crippen LogP contribution in [0.2, 0.25) is 0 Å². The van der Waals surface area contributed by atoms with Crippen molar-refractivity contribution in [2.45, 2.75) is 37.9 Å². The van der Waals surface area contributed by atoms with Gasteiger partial charge in [-0.2, -0.15) is 0 Å². The van der Waals surface area contributed by atoms with Crippen molar-refractivity contribution in [2.75, 3.05) is 39.8 Å². The number of ether oxygens (including phenoxy) is 2. The second-order valence-corrected chi connectivity index (χ2v) is 7.39. The zero-order chi connectivity index (χ0) is 19.2. The van der Waals surface area contributed by atoms with E-state index in [0.29, 0.717) is 31.8 Å². The smallest absolute Gasteiger partial charge is 0.317 e. The second kappa shape index (κ2) is 9.19. The Hall–Kier alpha value is -2.12. The largest absolute Gasteiger partial charge is 0.490 e. The molecule has 1 aliphatic heterocycles. The first-order valence-corrected chi connectivity index (χ1v) is 9.59. The standard InChI is InChI=1S/C20H28N2O5/c1-21(14-19(23)24)12-18-13-22(9-10-26-18)20(25)15-5-4-8-17(11-15)27-16-6-2-3-7-16/h4-5,8,11,16,18H,2-3,6-7,9-10,12-14H2,1H3,(H,23,24)/t18-/m0/s1. The fourth-order valence-corrected chi connectivity index (χ4v) is 3.74. The molecular formula is C20H28N2O5. The molecule has 1 atom stereocenters. The number of nitrogens with zero attached hydrogens (tertiary/aromatic N) is 2. The van der Waals surface area contributed by atoms with Gasteiger partial charge in [0.25, 0.3) is 5.91 Å².